The third kappa shape index (κ3) is 2.49. The summed E-state index contributed by atoms with van der Waals surface area (Å²) in [5, 5.41) is 10.2. The Balaban J connectivity index is 1.72. The van der Waals surface area contributed by atoms with Crippen molar-refractivity contribution >= 4 is 34.8 Å². The SMILES string of the molecule is Cc1cc(C)cc(N2N=N[C@H]3C(=O)N(c4ccc(C)c(Cl)c4)C(=O)[C@@H]32)c1. The number of fused-ring (bicyclic) bond motifs is 1. The van der Waals surface area contributed by atoms with E-state index >= 15 is 0 Å². The molecular weight excluding hydrogens is 352 g/mol. The molecule has 2 aliphatic heterocycles. The standard InChI is InChI=1S/C19H17ClN4O2/c1-10-6-11(2)8-14(7-10)24-17-16(21-22-24)18(25)23(19(17)26)13-5-4-12(3)15(20)9-13/h4-9,16-17H,1-3H3/t16-,17-/m1/s1. The molecule has 26 heavy (non-hydrogen) atoms. The number of hydrogen-bond acceptors (Lipinski definition) is 5. The first-order valence-electron chi connectivity index (χ1n) is 8.29. The van der Waals surface area contributed by atoms with E-state index in [0.717, 1.165) is 27.3 Å². The maximum atomic E-state index is 13.0. The minimum Gasteiger partial charge on any atom is -0.271 e. The molecule has 132 valence electrons. The Hall–Kier alpha value is -2.73. The van der Waals surface area contributed by atoms with Crippen molar-refractivity contribution in [3.63, 3.8) is 0 Å². The van der Waals surface area contributed by atoms with E-state index in [-0.39, 0.29) is 11.8 Å². The molecule has 2 aromatic rings. The first-order valence-corrected chi connectivity index (χ1v) is 8.67. The molecule has 7 heteroatoms. The second kappa shape index (κ2) is 5.92. The van der Waals surface area contributed by atoms with Gasteiger partial charge in [0.15, 0.2) is 12.1 Å². The minimum atomic E-state index is -0.830. The molecule has 2 atom stereocenters. The molecule has 0 spiro atoms. The monoisotopic (exact) mass is 368 g/mol. The van der Waals surface area contributed by atoms with Gasteiger partial charge in [-0.15, -0.1) is 0 Å². The van der Waals surface area contributed by atoms with E-state index in [0.29, 0.717) is 10.7 Å². The zero-order valence-corrected chi connectivity index (χ0v) is 15.4. The zero-order chi connectivity index (χ0) is 18.6. The first-order chi connectivity index (χ1) is 12.4. The lowest BCUT2D eigenvalue weighted by molar-refractivity contribution is -0.121. The number of rotatable bonds is 2. The highest BCUT2D eigenvalue weighted by Gasteiger charge is 2.55. The summed E-state index contributed by atoms with van der Waals surface area (Å²) in [5.74, 6) is -0.723. The maximum absolute atomic E-state index is 13.0. The number of hydrogen-bond donors (Lipinski definition) is 0. The predicted molar refractivity (Wildman–Crippen MR) is 99.5 cm³/mol. The molecule has 0 unspecified atom stereocenters. The highest BCUT2D eigenvalue weighted by atomic mass is 35.5. The van der Waals surface area contributed by atoms with Gasteiger partial charge < -0.3 is 0 Å². The van der Waals surface area contributed by atoms with Gasteiger partial charge in [-0.25, -0.2) is 9.91 Å². The van der Waals surface area contributed by atoms with Crippen LogP contribution in [0.15, 0.2) is 46.7 Å². The molecule has 0 radical (unpaired) electrons. The van der Waals surface area contributed by atoms with Gasteiger partial charge in [0, 0.05) is 5.02 Å². The lowest BCUT2D eigenvalue weighted by Crippen LogP contribution is -2.40. The lowest BCUT2D eigenvalue weighted by Gasteiger charge is -2.21. The van der Waals surface area contributed by atoms with Gasteiger partial charge in [0.25, 0.3) is 11.8 Å². The third-order valence-corrected chi connectivity index (χ3v) is 5.07. The van der Waals surface area contributed by atoms with Crippen molar-refractivity contribution in [2.24, 2.45) is 10.3 Å². The van der Waals surface area contributed by atoms with E-state index in [1.54, 1.807) is 23.2 Å². The number of amides is 2. The van der Waals surface area contributed by atoms with E-state index in [2.05, 4.69) is 10.3 Å². The van der Waals surface area contributed by atoms with Crippen molar-refractivity contribution in [2.45, 2.75) is 32.9 Å². The van der Waals surface area contributed by atoms with E-state index in [1.807, 2.05) is 39.0 Å². The Morgan fingerprint density at radius 3 is 2.27 bits per heavy atom. The van der Waals surface area contributed by atoms with E-state index in [4.69, 9.17) is 11.6 Å². The number of carbonyl (C=O) groups is 2. The second-order valence-corrected chi connectivity index (χ2v) is 7.14. The molecule has 0 aromatic heterocycles. The smallest absolute Gasteiger partial charge is 0.263 e. The third-order valence-electron chi connectivity index (χ3n) is 4.67. The van der Waals surface area contributed by atoms with E-state index in [9.17, 15) is 9.59 Å². The fourth-order valence-corrected chi connectivity index (χ4v) is 3.61. The van der Waals surface area contributed by atoms with Crippen molar-refractivity contribution in [3.8, 4) is 0 Å². The molecule has 0 bridgehead atoms. The summed E-state index contributed by atoms with van der Waals surface area (Å²) in [4.78, 5) is 27.0. The van der Waals surface area contributed by atoms with Gasteiger partial charge in [0.1, 0.15) is 0 Å². The highest BCUT2D eigenvalue weighted by molar-refractivity contribution is 6.32. The number of anilines is 2. The lowest BCUT2D eigenvalue weighted by atomic mass is 10.1. The largest absolute Gasteiger partial charge is 0.271 e. The van der Waals surface area contributed by atoms with Crippen molar-refractivity contribution in [1.82, 2.24) is 0 Å². The molecule has 2 aliphatic rings. The second-order valence-electron chi connectivity index (χ2n) is 6.73. The van der Waals surface area contributed by atoms with Gasteiger partial charge in [-0.2, -0.15) is 5.11 Å². The van der Waals surface area contributed by atoms with Crippen LogP contribution in [0, 0.1) is 20.8 Å². The minimum absolute atomic E-state index is 0.343. The molecule has 2 amide bonds. The summed E-state index contributed by atoms with van der Waals surface area (Å²) in [6.45, 7) is 5.82. The average molecular weight is 369 g/mol. The number of benzene rings is 2. The zero-order valence-electron chi connectivity index (χ0n) is 14.6. The molecular formula is C19H17ClN4O2. The van der Waals surface area contributed by atoms with Crippen LogP contribution in [0.4, 0.5) is 11.4 Å². The van der Waals surface area contributed by atoms with Crippen LogP contribution in [0.2, 0.25) is 5.02 Å². The molecule has 6 nitrogen and oxygen atoms in total. The van der Waals surface area contributed by atoms with Crippen LogP contribution >= 0.6 is 11.6 Å². The summed E-state index contributed by atoms with van der Waals surface area (Å²) in [6, 6.07) is 9.44. The van der Waals surface area contributed by atoms with Crippen LogP contribution < -0.4 is 9.91 Å². The van der Waals surface area contributed by atoms with Crippen molar-refractivity contribution in [3.05, 3.63) is 58.1 Å². The molecule has 1 saturated heterocycles. The van der Waals surface area contributed by atoms with Crippen LogP contribution in [0.5, 0.6) is 0 Å². The average Bonchev–Trinajstić information content (AvgIpc) is 3.11. The molecule has 0 saturated carbocycles. The first kappa shape index (κ1) is 16.7. The summed E-state index contributed by atoms with van der Waals surface area (Å²) in [5.41, 5.74) is 4.20. The normalized spacial score (nSPS) is 21.7. The molecule has 2 aromatic carbocycles. The predicted octanol–water partition coefficient (Wildman–Crippen LogP) is 3.76. The number of imide groups is 1. The van der Waals surface area contributed by atoms with Crippen LogP contribution in [0.3, 0.4) is 0 Å². The summed E-state index contributed by atoms with van der Waals surface area (Å²) in [6.07, 6.45) is 0. The molecule has 2 heterocycles. The topological polar surface area (TPSA) is 65.3 Å². The Labute approximate surface area is 156 Å². The van der Waals surface area contributed by atoms with Gasteiger partial charge in [-0.05, 0) is 61.7 Å². The number of carbonyl (C=O) groups excluding carboxylic acids is 2. The summed E-state index contributed by atoms with van der Waals surface area (Å²) < 4.78 is 0. The Morgan fingerprint density at radius 2 is 1.62 bits per heavy atom. The molecule has 4 rings (SSSR count). The Kier molecular flexibility index (Phi) is 3.80. The van der Waals surface area contributed by atoms with Crippen molar-refractivity contribution in [2.75, 3.05) is 9.91 Å². The number of halogens is 1. The van der Waals surface area contributed by atoms with E-state index < -0.39 is 12.1 Å². The fourth-order valence-electron chi connectivity index (χ4n) is 3.43. The number of nitrogens with zero attached hydrogens (tertiary/aromatic N) is 4. The van der Waals surface area contributed by atoms with Gasteiger partial charge >= 0.3 is 0 Å². The highest BCUT2D eigenvalue weighted by Crippen LogP contribution is 2.36. The Bertz CT molecular complexity index is 952. The Morgan fingerprint density at radius 1 is 0.923 bits per heavy atom. The van der Waals surface area contributed by atoms with E-state index in [1.165, 1.54) is 0 Å². The molecule has 1 fully saturated rings. The molecule has 0 N–H and O–H groups in total. The van der Waals surface area contributed by atoms with Crippen LogP contribution in [0.1, 0.15) is 16.7 Å². The van der Waals surface area contributed by atoms with Gasteiger partial charge in [-0.3, -0.25) is 9.59 Å². The summed E-state index contributed by atoms with van der Waals surface area (Å²) >= 11 is 6.17. The number of aryl methyl sites for hydroxylation is 3. The van der Waals surface area contributed by atoms with Crippen molar-refractivity contribution in [1.29, 1.82) is 0 Å². The van der Waals surface area contributed by atoms with Crippen molar-refractivity contribution < 1.29 is 9.59 Å². The van der Waals surface area contributed by atoms with Gasteiger partial charge in [-0.1, -0.05) is 29.0 Å². The maximum Gasteiger partial charge on any atom is 0.263 e. The van der Waals surface area contributed by atoms with Gasteiger partial charge in [0.2, 0.25) is 0 Å². The quantitative estimate of drug-likeness (QED) is 0.758. The van der Waals surface area contributed by atoms with Crippen LogP contribution in [-0.2, 0) is 9.59 Å². The summed E-state index contributed by atoms with van der Waals surface area (Å²) in [7, 11) is 0. The van der Waals surface area contributed by atoms with Crippen LogP contribution in [0.25, 0.3) is 0 Å². The van der Waals surface area contributed by atoms with Crippen LogP contribution in [-0.4, -0.2) is 23.9 Å². The molecule has 0 aliphatic carbocycles. The van der Waals surface area contributed by atoms with Gasteiger partial charge in [0.05, 0.1) is 11.4 Å². The fraction of sp³-hybridized carbons (Fsp3) is 0.263.